The Morgan fingerprint density at radius 2 is 2.00 bits per heavy atom. The van der Waals surface area contributed by atoms with Crippen molar-refractivity contribution in [2.45, 2.75) is 38.0 Å². The fourth-order valence-electron chi connectivity index (χ4n) is 2.76. The molecule has 0 radical (unpaired) electrons. The van der Waals surface area contributed by atoms with Crippen LogP contribution < -0.4 is 0 Å². The van der Waals surface area contributed by atoms with Crippen molar-refractivity contribution in [3.05, 3.63) is 42.5 Å². The van der Waals surface area contributed by atoms with Crippen molar-refractivity contribution in [2.75, 3.05) is 0 Å². The van der Waals surface area contributed by atoms with E-state index in [1.165, 1.54) is 11.8 Å². The molecule has 0 aliphatic heterocycles. The van der Waals surface area contributed by atoms with Gasteiger partial charge in [-0.25, -0.2) is 0 Å². The van der Waals surface area contributed by atoms with Crippen LogP contribution in [-0.2, 0) is 4.79 Å². The predicted octanol–water partition coefficient (Wildman–Crippen LogP) is 4.69. The number of carbonyl (C=O) groups is 1. The molecule has 1 atom stereocenters. The lowest BCUT2D eigenvalue weighted by Gasteiger charge is -2.38. The van der Waals surface area contributed by atoms with Gasteiger partial charge in [0.25, 0.3) is 0 Å². The molecule has 0 spiro atoms. The van der Waals surface area contributed by atoms with Crippen LogP contribution in [0, 0.1) is 11.3 Å². The molecule has 0 N–H and O–H groups in total. The van der Waals surface area contributed by atoms with Gasteiger partial charge in [0.05, 0.1) is 5.92 Å². The topological polar surface area (TPSA) is 17.1 Å². The summed E-state index contributed by atoms with van der Waals surface area (Å²) in [7, 11) is 0. The first-order chi connectivity index (χ1) is 8.50. The van der Waals surface area contributed by atoms with Crippen LogP contribution in [0.5, 0.6) is 0 Å². The van der Waals surface area contributed by atoms with Crippen molar-refractivity contribution in [1.82, 2.24) is 0 Å². The van der Waals surface area contributed by atoms with Crippen LogP contribution in [0.25, 0.3) is 0 Å². The lowest BCUT2D eigenvalue weighted by atomic mass is 9.67. The Labute approximate surface area is 114 Å². The Morgan fingerprint density at radius 1 is 1.33 bits per heavy atom. The van der Waals surface area contributed by atoms with Crippen molar-refractivity contribution < 1.29 is 4.79 Å². The van der Waals surface area contributed by atoms with Crippen LogP contribution in [0.2, 0.25) is 0 Å². The molecule has 0 amide bonds. The SMILES string of the molecule is C=C1CCCC(C)(C)[C@H]1C(=O)Sc1ccccc1. The zero-order chi connectivity index (χ0) is 13.2. The molecule has 2 rings (SSSR count). The summed E-state index contributed by atoms with van der Waals surface area (Å²) in [5.74, 6) is -0.00328. The quantitative estimate of drug-likeness (QED) is 0.567. The van der Waals surface area contributed by atoms with Gasteiger partial charge in [-0.2, -0.15) is 0 Å². The van der Waals surface area contributed by atoms with Crippen LogP contribution in [0.3, 0.4) is 0 Å². The fourth-order valence-corrected chi connectivity index (χ4v) is 3.89. The van der Waals surface area contributed by atoms with Crippen LogP contribution in [0.15, 0.2) is 47.4 Å². The fraction of sp³-hybridized carbons (Fsp3) is 0.438. The van der Waals surface area contributed by atoms with Crippen LogP contribution in [-0.4, -0.2) is 5.12 Å². The Hall–Kier alpha value is -1.02. The molecule has 0 bridgehead atoms. The minimum absolute atomic E-state index is 0.00328. The minimum atomic E-state index is -0.00328. The first kappa shape index (κ1) is 13.4. The van der Waals surface area contributed by atoms with E-state index in [1.54, 1.807) is 0 Å². The highest BCUT2D eigenvalue weighted by atomic mass is 32.2. The Morgan fingerprint density at radius 3 is 2.61 bits per heavy atom. The molecule has 1 fully saturated rings. The van der Waals surface area contributed by atoms with Gasteiger partial charge in [0.1, 0.15) is 0 Å². The molecule has 96 valence electrons. The predicted molar refractivity (Wildman–Crippen MR) is 77.6 cm³/mol. The van der Waals surface area contributed by atoms with Crippen molar-refractivity contribution >= 4 is 16.9 Å². The maximum absolute atomic E-state index is 12.5. The lowest BCUT2D eigenvalue weighted by Crippen LogP contribution is -2.34. The Kier molecular flexibility index (Phi) is 3.96. The van der Waals surface area contributed by atoms with Gasteiger partial charge in [-0.3, -0.25) is 4.79 Å². The maximum Gasteiger partial charge on any atom is 0.201 e. The van der Waals surface area contributed by atoms with E-state index in [4.69, 9.17) is 0 Å². The number of benzene rings is 1. The third kappa shape index (κ3) is 2.86. The number of allylic oxidation sites excluding steroid dienone is 1. The summed E-state index contributed by atoms with van der Waals surface area (Å²) < 4.78 is 0. The van der Waals surface area contributed by atoms with E-state index in [9.17, 15) is 4.79 Å². The van der Waals surface area contributed by atoms with Gasteiger partial charge < -0.3 is 0 Å². The van der Waals surface area contributed by atoms with Gasteiger partial charge in [-0.15, -0.1) is 0 Å². The smallest absolute Gasteiger partial charge is 0.201 e. The van der Waals surface area contributed by atoms with Gasteiger partial charge >= 0.3 is 0 Å². The van der Waals surface area contributed by atoms with Gasteiger partial charge in [0.2, 0.25) is 5.12 Å². The molecule has 1 aliphatic carbocycles. The molecule has 0 unspecified atom stereocenters. The molecule has 1 aromatic rings. The molecule has 1 nitrogen and oxygen atoms in total. The van der Waals surface area contributed by atoms with E-state index in [-0.39, 0.29) is 16.4 Å². The summed E-state index contributed by atoms with van der Waals surface area (Å²) in [6, 6.07) is 9.88. The van der Waals surface area contributed by atoms with Crippen molar-refractivity contribution in [1.29, 1.82) is 0 Å². The number of hydrogen-bond donors (Lipinski definition) is 0. The van der Waals surface area contributed by atoms with E-state index >= 15 is 0 Å². The molecule has 2 heteroatoms. The van der Waals surface area contributed by atoms with Crippen LogP contribution in [0.4, 0.5) is 0 Å². The molecule has 0 aromatic heterocycles. The zero-order valence-electron chi connectivity index (χ0n) is 11.1. The number of hydrogen-bond acceptors (Lipinski definition) is 2. The number of thioether (sulfide) groups is 1. The second-order valence-electron chi connectivity index (χ2n) is 5.67. The monoisotopic (exact) mass is 260 g/mol. The Balaban J connectivity index is 2.14. The molecular formula is C16H20OS. The largest absolute Gasteiger partial charge is 0.286 e. The maximum atomic E-state index is 12.5. The van der Waals surface area contributed by atoms with E-state index in [0.717, 1.165) is 29.7 Å². The highest BCUT2D eigenvalue weighted by Gasteiger charge is 2.39. The normalized spacial score (nSPS) is 22.8. The van der Waals surface area contributed by atoms with Crippen LogP contribution >= 0.6 is 11.8 Å². The second-order valence-corrected chi connectivity index (χ2v) is 6.75. The molecule has 1 aliphatic rings. The number of rotatable bonds is 2. The molecular weight excluding hydrogens is 240 g/mol. The van der Waals surface area contributed by atoms with E-state index in [2.05, 4.69) is 20.4 Å². The lowest BCUT2D eigenvalue weighted by molar-refractivity contribution is -0.116. The van der Waals surface area contributed by atoms with Gasteiger partial charge in [-0.1, -0.05) is 56.0 Å². The van der Waals surface area contributed by atoms with E-state index in [0.29, 0.717) is 0 Å². The standard InChI is InChI=1S/C16H20OS/c1-12-8-7-11-16(2,3)14(12)15(17)18-13-9-5-4-6-10-13/h4-6,9-10,14H,1,7-8,11H2,2-3H3/t14-/m1/s1. The summed E-state index contributed by atoms with van der Waals surface area (Å²) in [5.41, 5.74) is 1.16. The highest BCUT2D eigenvalue weighted by Crippen LogP contribution is 2.46. The zero-order valence-corrected chi connectivity index (χ0v) is 11.9. The third-order valence-electron chi connectivity index (χ3n) is 3.71. The number of carbonyl (C=O) groups excluding carboxylic acids is 1. The van der Waals surface area contributed by atoms with Crippen LogP contribution in [0.1, 0.15) is 33.1 Å². The van der Waals surface area contributed by atoms with E-state index < -0.39 is 0 Å². The second kappa shape index (κ2) is 5.31. The summed E-state index contributed by atoms with van der Waals surface area (Å²) in [5, 5.41) is 0.246. The minimum Gasteiger partial charge on any atom is -0.286 e. The summed E-state index contributed by atoms with van der Waals surface area (Å²) >= 11 is 1.36. The highest BCUT2D eigenvalue weighted by molar-refractivity contribution is 8.13. The summed E-state index contributed by atoms with van der Waals surface area (Å²) in [4.78, 5) is 13.5. The molecule has 18 heavy (non-hydrogen) atoms. The van der Waals surface area contributed by atoms with Gasteiger partial charge in [0, 0.05) is 4.90 Å². The average molecular weight is 260 g/mol. The van der Waals surface area contributed by atoms with Gasteiger partial charge in [0.15, 0.2) is 0 Å². The first-order valence-electron chi connectivity index (χ1n) is 6.45. The van der Waals surface area contributed by atoms with E-state index in [1.807, 2.05) is 30.3 Å². The molecule has 1 aromatic carbocycles. The Bertz CT molecular complexity index is 447. The summed E-state index contributed by atoms with van der Waals surface area (Å²) in [6.07, 6.45) is 3.26. The molecule has 0 heterocycles. The van der Waals surface area contributed by atoms with Gasteiger partial charge in [-0.05, 0) is 36.8 Å². The third-order valence-corrected chi connectivity index (χ3v) is 4.65. The van der Waals surface area contributed by atoms with Crippen molar-refractivity contribution in [3.63, 3.8) is 0 Å². The summed E-state index contributed by atoms with van der Waals surface area (Å²) in [6.45, 7) is 8.49. The molecule has 0 saturated heterocycles. The van der Waals surface area contributed by atoms with Crippen molar-refractivity contribution in [2.24, 2.45) is 11.3 Å². The molecule has 1 saturated carbocycles. The first-order valence-corrected chi connectivity index (χ1v) is 7.27. The average Bonchev–Trinajstić information content (AvgIpc) is 2.28. The van der Waals surface area contributed by atoms with Crippen molar-refractivity contribution in [3.8, 4) is 0 Å².